The average Bonchev–Trinajstić information content (AvgIpc) is 2.60. The van der Waals surface area contributed by atoms with Gasteiger partial charge in [0.25, 0.3) is 0 Å². The van der Waals surface area contributed by atoms with Gasteiger partial charge in [-0.15, -0.1) is 0 Å². The van der Waals surface area contributed by atoms with Gasteiger partial charge in [0.1, 0.15) is 0 Å². The largest absolute Gasteiger partial charge is 0.400 e. The van der Waals surface area contributed by atoms with Crippen molar-refractivity contribution in [1.29, 1.82) is 0 Å². The van der Waals surface area contributed by atoms with Gasteiger partial charge in [-0.05, 0) is 18.3 Å². The van der Waals surface area contributed by atoms with E-state index in [2.05, 4.69) is 13.8 Å². The molecule has 0 aromatic carbocycles. The molecule has 0 aromatic heterocycles. The molecule has 0 heterocycles. The summed E-state index contributed by atoms with van der Waals surface area (Å²) < 4.78 is 0. The first-order valence-electron chi connectivity index (χ1n) is 5.73. The van der Waals surface area contributed by atoms with Crippen molar-refractivity contribution in [3.8, 4) is 0 Å². The van der Waals surface area contributed by atoms with Crippen LogP contribution in [0, 0.1) is 11.8 Å². The van der Waals surface area contributed by atoms with Crippen molar-refractivity contribution in [3.63, 3.8) is 0 Å². The van der Waals surface area contributed by atoms with Gasteiger partial charge >= 0.3 is 0 Å². The van der Waals surface area contributed by atoms with Crippen molar-refractivity contribution >= 4 is 0 Å². The molecule has 1 fully saturated rings. The van der Waals surface area contributed by atoms with Crippen molar-refractivity contribution in [2.75, 3.05) is 7.11 Å². The zero-order chi connectivity index (χ0) is 11.3. The third-order valence-electron chi connectivity index (χ3n) is 1.96. The maximum absolute atomic E-state index is 7.00. The Bertz CT molecular complexity index is 54.1. The molecule has 1 N–H and O–H groups in total. The number of aliphatic hydroxyl groups excluding tert-OH is 1. The summed E-state index contributed by atoms with van der Waals surface area (Å²) in [5, 5.41) is 7.00. The molecule has 1 aliphatic carbocycles. The van der Waals surface area contributed by atoms with Crippen LogP contribution in [0.2, 0.25) is 0 Å². The fourth-order valence-corrected chi connectivity index (χ4v) is 1.49. The highest BCUT2D eigenvalue weighted by molar-refractivity contribution is 4.68. The van der Waals surface area contributed by atoms with E-state index in [9.17, 15) is 0 Å². The zero-order valence-electron chi connectivity index (χ0n) is 10.7. The maximum atomic E-state index is 7.00. The second-order valence-electron chi connectivity index (χ2n) is 3.02. The van der Waals surface area contributed by atoms with Gasteiger partial charge in [0.2, 0.25) is 0 Å². The normalized spacial score (nSPS) is 24.0. The molecule has 1 rings (SSSR count). The standard InChI is InChI=1S/C7H14.2C2H6.CH4O/c1-6-3-4-7(2)5-6;3*1-2/h6-7H,3-5H2,1-2H3;2*1-2H3;2H,1H3. The second kappa shape index (κ2) is 17.9. The van der Waals surface area contributed by atoms with Gasteiger partial charge in [-0.25, -0.2) is 0 Å². The highest BCUT2D eigenvalue weighted by Gasteiger charge is 2.15. The lowest BCUT2D eigenvalue weighted by molar-refractivity contribution is 0.399. The topological polar surface area (TPSA) is 20.2 Å². The van der Waals surface area contributed by atoms with E-state index in [1.54, 1.807) is 0 Å². The van der Waals surface area contributed by atoms with Crippen LogP contribution in [0.3, 0.4) is 0 Å². The van der Waals surface area contributed by atoms with Crippen LogP contribution < -0.4 is 0 Å². The van der Waals surface area contributed by atoms with Gasteiger partial charge < -0.3 is 5.11 Å². The molecule has 0 saturated heterocycles. The molecular formula is C12H30O. The second-order valence-corrected chi connectivity index (χ2v) is 3.02. The summed E-state index contributed by atoms with van der Waals surface area (Å²) in [6.07, 6.45) is 4.42. The first kappa shape index (κ1) is 18.7. The van der Waals surface area contributed by atoms with E-state index in [0.29, 0.717) is 0 Å². The molecular weight excluding hydrogens is 160 g/mol. The van der Waals surface area contributed by atoms with Crippen LogP contribution in [0.1, 0.15) is 60.8 Å². The van der Waals surface area contributed by atoms with E-state index in [1.165, 1.54) is 19.3 Å². The summed E-state index contributed by atoms with van der Waals surface area (Å²) in [6.45, 7) is 12.7. The molecule has 84 valence electrons. The van der Waals surface area contributed by atoms with E-state index in [-0.39, 0.29) is 0 Å². The Morgan fingerprint density at radius 1 is 0.769 bits per heavy atom. The summed E-state index contributed by atoms with van der Waals surface area (Å²) in [5.41, 5.74) is 0. The van der Waals surface area contributed by atoms with Crippen LogP contribution in [-0.4, -0.2) is 12.2 Å². The molecule has 13 heavy (non-hydrogen) atoms. The van der Waals surface area contributed by atoms with Crippen LogP contribution in [0.25, 0.3) is 0 Å². The lowest BCUT2D eigenvalue weighted by Crippen LogP contribution is -1.84. The number of hydrogen-bond donors (Lipinski definition) is 1. The lowest BCUT2D eigenvalue weighted by atomic mass is 10.1. The molecule has 1 aliphatic rings. The minimum Gasteiger partial charge on any atom is -0.400 e. The minimum absolute atomic E-state index is 1.00. The fraction of sp³-hybridized carbons (Fsp3) is 1.00. The lowest BCUT2D eigenvalue weighted by Gasteiger charge is -1.96. The smallest absolute Gasteiger partial charge is 0.0319 e. The van der Waals surface area contributed by atoms with E-state index in [1.807, 2.05) is 27.7 Å². The third-order valence-corrected chi connectivity index (χ3v) is 1.96. The summed E-state index contributed by atoms with van der Waals surface area (Å²) in [6, 6.07) is 0. The third kappa shape index (κ3) is 14.8. The van der Waals surface area contributed by atoms with Gasteiger partial charge in [-0.3, -0.25) is 0 Å². The van der Waals surface area contributed by atoms with Crippen molar-refractivity contribution in [2.24, 2.45) is 11.8 Å². The predicted molar refractivity (Wildman–Crippen MR) is 63.0 cm³/mol. The summed E-state index contributed by atoms with van der Waals surface area (Å²) in [7, 11) is 1.00. The first-order chi connectivity index (χ1) is 6.29. The van der Waals surface area contributed by atoms with Gasteiger partial charge in [-0.2, -0.15) is 0 Å². The molecule has 1 heteroatoms. The number of hydrogen-bond acceptors (Lipinski definition) is 1. The molecule has 2 atom stereocenters. The highest BCUT2D eigenvalue weighted by Crippen LogP contribution is 2.29. The van der Waals surface area contributed by atoms with Crippen molar-refractivity contribution in [1.82, 2.24) is 0 Å². The number of aliphatic hydroxyl groups is 1. The monoisotopic (exact) mass is 190 g/mol. The Morgan fingerprint density at radius 2 is 1.00 bits per heavy atom. The Labute approximate surface area is 85.6 Å². The van der Waals surface area contributed by atoms with Crippen molar-refractivity contribution < 1.29 is 5.11 Å². The van der Waals surface area contributed by atoms with Gasteiger partial charge in [0.15, 0.2) is 0 Å². The number of rotatable bonds is 0. The summed E-state index contributed by atoms with van der Waals surface area (Å²) in [4.78, 5) is 0. The van der Waals surface area contributed by atoms with E-state index in [4.69, 9.17) is 5.11 Å². The van der Waals surface area contributed by atoms with Crippen LogP contribution in [0.5, 0.6) is 0 Å². The average molecular weight is 190 g/mol. The molecule has 1 saturated carbocycles. The Hall–Kier alpha value is -0.0400. The summed E-state index contributed by atoms with van der Waals surface area (Å²) in [5.74, 6) is 2.05. The first-order valence-corrected chi connectivity index (χ1v) is 5.73. The van der Waals surface area contributed by atoms with Gasteiger partial charge in [0, 0.05) is 7.11 Å². The molecule has 0 aliphatic heterocycles. The SMILES string of the molecule is CC.CC.CC1CCC(C)C1.CO. The van der Waals surface area contributed by atoms with Crippen molar-refractivity contribution in [3.05, 3.63) is 0 Å². The molecule has 0 aromatic rings. The van der Waals surface area contributed by atoms with E-state index in [0.717, 1.165) is 18.9 Å². The predicted octanol–water partition coefficient (Wildman–Crippen LogP) is 4.10. The molecule has 0 radical (unpaired) electrons. The zero-order valence-corrected chi connectivity index (χ0v) is 10.7. The van der Waals surface area contributed by atoms with Crippen LogP contribution >= 0.6 is 0 Å². The maximum Gasteiger partial charge on any atom is 0.0319 e. The minimum atomic E-state index is 1.00. The highest BCUT2D eigenvalue weighted by atomic mass is 16.2. The van der Waals surface area contributed by atoms with Crippen LogP contribution in [0.4, 0.5) is 0 Å². The van der Waals surface area contributed by atoms with Crippen LogP contribution in [0.15, 0.2) is 0 Å². The fourth-order valence-electron chi connectivity index (χ4n) is 1.49. The van der Waals surface area contributed by atoms with Gasteiger partial charge in [-0.1, -0.05) is 54.4 Å². The van der Waals surface area contributed by atoms with E-state index >= 15 is 0 Å². The molecule has 1 nitrogen and oxygen atoms in total. The quantitative estimate of drug-likeness (QED) is 0.609. The summed E-state index contributed by atoms with van der Waals surface area (Å²) >= 11 is 0. The Kier molecular flexibility index (Phi) is 25.7. The van der Waals surface area contributed by atoms with E-state index < -0.39 is 0 Å². The molecule has 0 amide bonds. The van der Waals surface area contributed by atoms with Crippen molar-refractivity contribution in [2.45, 2.75) is 60.8 Å². The Balaban J connectivity index is -0.000000144. The van der Waals surface area contributed by atoms with Gasteiger partial charge in [0.05, 0.1) is 0 Å². The molecule has 2 unspecified atom stereocenters. The van der Waals surface area contributed by atoms with Crippen LogP contribution in [-0.2, 0) is 0 Å². The Morgan fingerprint density at radius 3 is 1.08 bits per heavy atom. The molecule has 0 spiro atoms. The molecule has 0 bridgehead atoms.